The van der Waals surface area contributed by atoms with E-state index in [0.29, 0.717) is 12.0 Å². The molecule has 0 amide bonds. The number of fused-ring (bicyclic) bond motifs is 3. The first kappa shape index (κ1) is 18.8. The standard InChI is InChI=1S/C23H21N3O3/c1-29-14-18-21(13-27)25-20(12-24-28)23-22(18)17-11-16(9-10-19(17)26-23)8-7-15-5-3-2-4-6-15/h2-6,9-13,26,28H,7-8,14H2,1H3. The van der Waals surface area contributed by atoms with Gasteiger partial charge in [0.1, 0.15) is 11.4 Å². The third kappa shape index (κ3) is 3.62. The molecule has 29 heavy (non-hydrogen) atoms. The lowest BCUT2D eigenvalue weighted by Gasteiger charge is -2.08. The summed E-state index contributed by atoms with van der Waals surface area (Å²) in [5.41, 5.74) is 5.55. The number of rotatable bonds is 7. The number of pyridine rings is 1. The second kappa shape index (κ2) is 8.24. The summed E-state index contributed by atoms with van der Waals surface area (Å²) in [5, 5.41) is 14.0. The van der Waals surface area contributed by atoms with Crippen molar-refractivity contribution >= 4 is 34.3 Å². The van der Waals surface area contributed by atoms with Gasteiger partial charge in [-0.3, -0.25) is 4.79 Å². The number of benzene rings is 2. The zero-order valence-electron chi connectivity index (χ0n) is 16.1. The first-order valence-electron chi connectivity index (χ1n) is 9.37. The second-order valence-corrected chi connectivity index (χ2v) is 6.90. The number of methoxy groups -OCH3 is 1. The van der Waals surface area contributed by atoms with E-state index in [1.807, 2.05) is 24.3 Å². The van der Waals surface area contributed by atoms with Gasteiger partial charge in [0.2, 0.25) is 0 Å². The van der Waals surface area contributed by atoms with E-state index in [0.717, 1.165) is 40.2 Å². The van der Waals surface area contributed by atoms with E-state index >= 15 is 0 Å². The number of nitrogens with zero attached hydrogens (tertiary/aromatic N) is 2. The third-order valence-electron chi connectivity index (χ3n) is 5.10. The topological polar surface area (TPSA) is 87.6 Å². The molecule has 0 unspecified atom stereocenters. The molecule has 4 aromatic rings. The maximum atomic E-state index is 11.7. The van der Waals surface area contributed by atoms with Crippen molar-refractivity contribution in [2.45, 2.75) is 19.4 Å². The fraction of sp³-hybridized carbons (Fsp3) is 0.174. The predicted octanol–water partition coefficient (Wildman–Crippen LogP) is 4.27. The lowest BCUT2D eigenvalue weighted by atomic mass is 10.00. The Hall–Kier alpha value is -3.51. The normalized spacial score (nSPS) is 11.6. The molecule has 2 aromatic heterocycles. The van der Waals surface area contributed by atoms with E-state index in [2.05, 4.69) is 39.4 Å². The summed E-state index contributed by atoms with van der Waals surface area (Å²) < 4.78 is 5.34. The lowest BCUT2D eigenvalue weighted by molar-refractivity contribution is 0.111. The molecule has 6 nitrogen and oxygen atoms in total. The van der Waals surface area contributed by atoms with E-state index < -0.39 is 0 Å². The van der Waals surface area contributed by atoms with Crippen molar-refractivity contribution < 1.29 is 14.7 Å². The van der Waals surface area contributed by atoms with Crippen LogP contribution in [0.2, 0.25) is 0 Å². The Labute approximate surface area is 167 Å². The van der Waals surface area contributed by atoms with Gasteiger partial charge >= 0.3 is 0 Å². The monoisotopic (exact) mass is 387 g/mol. The SMILES string of the molecule is COCc1c(C=O)nc(C=NO)c2[nH]c3ccc(CCc4ccccc4)cc3c12. The number of aldehydes is 1. The molecule has 0 radical (unpaired) electrons. The van der Waals surface area contributed by atoms with Crippen molar-refractivity contribution in [2.24, 2.45) is 5.16 Å². The summed E-state index contributed by atoms with van der Waals surface area (Å²) in [6.07, 6.45) is 3.80. The Morgan fingerprint density at radius 2 is 1.90 bits per heavy atom. The Balaban J connectivity index is 1.87. The van der Waals surface area contributed by atoms with Crippen LogP contribution in [0.15, 0.2) is 53.7 Å². The van der Waals surface area contributed by atoms with Gasteiger partial charge in [0.25, 0.3) is 0 Å². The molecule has 2 aromatic carbocycles. The number of hydrogen-bond acceptors (Lipinski definition) is 5. The zero-order chi connectivity index (χ0) is 20.2. The number of carbonyl (C=O) groups excluding carboxylic acids is 1. The maximum Gasteiger partial charge on any atom is 0.168 e. The molecule has 0 spiro atoms. The minimum Gasteiger partial charge on any atom is -0.411 e. The van der Waals surface area contributed by atoms with Gasteiger partial charge in [-0.25, -0.2) is 4.98 Å². The number of oxime groups is 1. The Morgan fingerprint density at radius 1 is 1.10 bits per heavy atom. The van der Waals surface area contributed by atoms with Gasteiger partial charge in [-0.1, -0.05) is 41.6 Å². The molecule has 0 saturated heterocycles. The van der Waals surface area contributed by atoms with Gasteiger partial charge in [-0.15, -0.1) is 0 Å². The average molecular weight is 387 g/mol. The predicted molar refractivity (Wildman–Crippen MR) is 113 cm³/mol. The van der Waals surface area contributed by atoms with Gasteiger partial charge < -0.3 is 14.9 Å². The van der Waals surface area contributed by atoms with Crippen LogP contribution in [-0.4, -0.2) is 34.8 Å². The number of H-pyrrole nitrogens is 1. The van der Waals surface area contributed by atoms with Crippen LogP contribution < -0.4 is 0 Å². The summed E-state index contributed by atoms with van der Waals surface area (Å²) in [6, 6.07) is 16.7. The van der Waals surface area contributed by atoms with Gasteiger partial charge in [-0.05, 0) is 36.1 Å². The van der Waals surface area contributed by atoms with Crippen LogP contribution in [0.1, 0.15) is 32.9 Å². The van der Waals surface area contributed by atoms with Crippen molar-refractivity contribution in [1.29, 1.82) is 0 Å². The van der Waals surface area contributed by atoms with Gasteiger partial charge in [0, 0.05) is 29.0 Å². The smallest absolute Gasteiger partial charge is 0.168 e. The largest absolute Gasteiger partial charge is 0.411 e. The van der Waals surface area contributed by atoms with E-state index in [-0.39, 0.29) is 12.3 Å². The molecule has 4 rings (SSSR count). The molecule has 0 aliphatic carbocycles. The molecule has 2 heterocycles. The minimum atomic E-state index is 0.259. The fourth-order valence-electron chi connectivity index (χ4n) is 3.75. The molecule has 146 valence electrons. The maximum absolute atomic E-state index is 11.7. The van der Waals surface area contributed by atoms with Crippen LogP contribution >= 0.6 is 0 Å². The molecule has 2 N–H and O–H groups in total. The van der Waals surface area contributed by atoms with Gasteiger partial charge in [-0.2, -0.15) is 0 Å². The highest BCUT2D eigenvalue weighted by molar-refractivity contribution is 6.14. The summed E-state index contributed by atoms with van der Waals surface area (Å²) in [6.45, 7) is 0.259. The highest BCUT2D eigenvalue weighted by Gasteiger charge is 2.18. The molecule has 6 heteroatoms. The van der Waals surface area contributed by atoms with Crippen LogP contribution in [-0.2, 0) is 24.2 Å². The van der Waals surface area contributed by atoms with Crippen molar-refractivity contribution in [2.75, 3.05) is 7.11 Å². The number of nitrogens with one attached hydrogen (secondary N) is 1. The number of ether oxygens (including phenoxy) is 1. The molecular formula is C23H21N3O3. The van der Waals surface area contributed by atoms with Gasteiger partial charge in [0.15, 0.2) is 6.29 Å². The summed E-state index contributed by atoms with van der Waals surface area (Å²) in [5.74, 6) is 0. The Kier molecular flexibility index (Phi) is 5.35. The van der Waals surface area contributed by atoms with Crippen LogP contribution in [0.4, 0.5) is 0 Å². The van der Waals surface area contributed by atoms with Gasteiger partial charge in [0.05, 0.1) is 18.3 Å². The number of aromatic amines is 1. The van der Waals surface area contributed by atoms with Crippen LogP contribution in [0.5, 0.6) is 0 Å². The quantitative estimate of drug-likeness (QED) is 0.215. The van der Waals surface area contributed by atoms with Crippen molar-refractivity contribution in [1.82, 2.24) is 9.97 Å². The third-order valence-corrected chi connectivity index (χ3v) is 5.10. The van der Waals surface area contributed by atoms with Crippen molar-refractivity contribution in [3.63, 3.8) is 0 Å². The number of carbonyl (C=O) groups is 1. The molecule has 0 aliphatic rings. The first-order chi connectivity index (χ1) is 14.2. The molecule has 0 atom stereocenters. The number of aryl methyl sites for hydroxylation is 2. The van der Waals surface area contributed by atoms with E-state index in [1.165, 1.54) is 17.3 Å². The highest BCUT2D eigenvalue weighted by atomic mass is 16.5. The van der Waals surface area contributed by atoms with E-state index in [4.69, 9.17) is 9.94 Å². The lowest BCUT2D eigenvalue weighted by Crippen LogP contribution is -2.03. The fourth-order valence-corrected chi connectivity index (χ4v) is 3.75. The summed E-state index contributed by atoms with van der Waals surface area (Å²) >= 11 is 0. The average Bonchev–Trinajstić information content (AvgIpc) is 3.14. The molecule has 0 fully saturated rings. The van der Waals surface area contributed by atoms with Crippen molar-refractivity contribution in [3.8, 4) is 0 Å². The summed E-state index contributed by atoms with van der Waals surface area (Å²) in [4.78, 5) is 19.3. The first-order valence-corrected chi connectivity index (χ1v) is 9.37. The highest BCUT2D eigenvalue weighted by Crippen LogP contribution is 2.32. The molecule has 0 aliphatic heterocycles. The Bertz CT molecular complexity index is 1200. The second-order valence-electron chi connectivity index (χ2n) is 6.90. The van der Waals surface area contributed by atoms with E-state index in [9.17, 15) is 4.79 Å². The van der Waals surface area contributed by atoms with Crippen LogP contribution in [0, 0.1) is 0 Å². The molecule has 0 saturated carbocycles. The van der Waals surface area contributed by atoms with Crippen molar-refractivity contribution in [3.05, 3.63) is 76.6 Å². The number of hydrogen-bond donors (Lipinski definition) is 2. The van der Waals surface area contributed by atoms with Crippen LogP contribution in [0.25, 0.3) is 21.8 Å². The molecule has 0 bridgehead atoms. The van der Waals surface area contributed by atoms with Crippen LogP contribution in [0.3, 0.4) is 0 Å². The van der Waals surface area contributed by atoms with E-state index in [1.54, 1.807) is 7.11 Å². The minimum absolute atomic E-state index is 0.259. The summed E-state index contributed by atoms with van der Waals surface area (Å²) in [7, 11) is 1.59. The molecular weight excluding hydrogens is 366 g/mol. The zero-order valence-corrected chi connectivity index (χ0v) is 16.1. The number of aromatic nitrogens is 2. The Morgan fingerprint density at radius 3 is 2.62 bits per heavy atom.